The Balaban J connectivity index is 1.66. The lowest BCUT2D eigenvalue weighted by Gasteiger charge is -2.34. The van der Waals surface area contributed by atoms with Gasteiger partial charge in [0.25, 0.3) is 0 Å². The van der Waals surface area contributed by atoms with Crippen LogP contribution < -0.4 is 4.90 Å². The third-order valence-electron chi connectivity index (χ3n) is 4.54. The maximum Gasteiger partial charge on any atom is 0.0769 e. The van der Waals surface area contributed by atoms with Crippen molar-refractivity contribution < 1.29 is 5.21 Å². The van der Waals surface area contributed by atoms with E-state index >= 15 is 0 Å². The average Bonchev–Trinajstić information content (AvgIpc) is 2.59. The Bertz CT molecular complexity index is 664. The summed E-state index contributed by atoms with van der Waals surface area (Å²) in [7, 11) is 0. The normalized spacial score (nSPS) is 16.1. The van der Waals surface area contributed by atoms with Crippen molar-refractivity contribution in [2.45, 2.75) is 19.3 Å². The molecule has 3 nitrogen and oxygen atoms in total. The van der Waals surface area contributed by atoms with Crippen molar-refractivity contribution in [2.75, 3.05) is 18.0 Å². The summed E-state index contributed by atoms with van der Waals surface area (Å²) in [5.41, 5.74) is 3.26. The SMILES string of the molecule is ON=Cc1c(Cl)cccc1N1CCC(Cc2ccccc2)CC1. The van der Waals surface area contributed by atoms with Crippen LogP contribution >= 0.6 is 11.6 Å². The van der Waals surface area contributed by atoms with Gasteiger partial charge < -0.3 is 10.1 Å². The van der Waals surface area contributed by atoms with E-state index in [0.29, 0.717) is 5.02 Å². The molecule has 0 atom stereocenters. The van der Waals surface area contributed by atoms with Gasteiger partial charge in [-0.3, -0.25) is 0 Å². The molecule has 23 heavy (non-hydrogen) atoms. The second kappa shape index (κ2) is 7.51. The first-order chi connectivity index (χ1) is 11.3. The van der Waals surface area contributed by atoms with Crippen molar-refractivity contribution >= 4 is 23.5 Å². The van der Waals surface area contributed by atoms with Crippen LogP contribution in [0.5, 0.6) is 0 Å². The Hall–Kier alpha value is -2.00. The Morgan fingerprint density at radius 2 is 1.83 bits per heavy atom. The molecule has 0 spiro atoms. The van der Waals surface area contributed by atoms with Crippen LogP contribution in [0.3, 0.4) is 0 Å². The second-order valence-electron chi connectivity index (χ2n) is 6.04. The monoisotopic (exact) mass is 328 g/mol. The summed E-state index contributed by atoms with van der Waals surface area (Å²) in [5.74, 6) is 0.725. The van der Waals surface area contributed by atoms with Crippen molar-refractivity contribution in [1.29, 1.82) is 0 Å². The van der Waals surface area contributed by atoms with Crippen LogP contribution in [-0.4, -0.2) is 24.5 Å². The highest BCUT2D eigenvalue weighted by atomic mass is 35.5. The van der Waals surface area contributed by atoms with Gasteiger partial charge in [-0.1, -0.05) is 53.2 Å². The van der Waals surface area contributed by atoms with Gasteiger partial charge in [0.05, 0.1) is 11.2 Å². The minimum absolute atomic E-state index is 0.617. The summed E-state index contributed by atoms with van der Waals surface area (Å²) in [4.78, 5) is 2.34. The number of rotatable bonds is 4. The van der Waals surface area contributed by atoms with Gasteiger partial charge in [0.2, 0.25) is 0 Å². The lowest BCUT2D eigenvalue weighted by molar-refractivity contribution is 0.322. The van der Waals surface area contributed by atoms with Crippen LogP contribution in [0.25, 0.3) is 0 Å². The average molecular weight is 329 g/mol. The lowest BCUT2D eigenvalue weighted by atomic mass is 9.90. The molecule has 0 unspecified atom stereocenters. The van der Waals surface area contributed by atoms with Crippen LogP contribution in [0.2, 0.25) is 5.02 Å². The second-order valence-corrected chi connectivity index (χ2v) is 6.44. The Morgan fingerprint density at radius 1 is 1.09 bits per heavy atom. The number of piperidine rings is 1. The third-order valence-corrected chi connectivity index (χ3v) is 4.87. The van der Waals surface area contributed by atoms with Crippen molar-refractivity contribution in [3.05, 3.63) is 64.7 Å². The molecule has 1 aliphatic heterocycles. The first kappa shape index (κ1) is 15.9. The lowest BCUT2D eigenvalue weighted by Crippen LogP contribution is -2.35. The number of oxime groups is 1. The van der Waals surface area contributed by atoms with E-state index in [1.165, 1.54) is 11.8 Å². The van der Waals surface area contributed by atoms with Crippen molar-refractivity contribution in [2.24, 2.45) is 11.1 Å². The molecule has 4 heteroatoms. The highest BCUT2D eigenvalue weighted by Gasteiger charge is 2.21. The molecule has 0 amide bonds. The minimum atomic E-state index is 0.617. The highest BCUT2D eigenvalue weighted by molar-refractivity contribution is 6.33. The summed E-state index contributed by atoms with van der Waals surface area (Å²) < 4.78 is 0. The van der Waals surface area contributed by atoms with Gasteiger partial charge in [0.15, 0.2) is 0 Å². The van der Waals surface area contributed by atoms with Gasteiger partial charge in [-0.25, -0.2) is 0 Å². The molecule has 1 aliphatic rings. The summed E-state index contributed by atoms with van der Waals surface area (Å²) in [6.07, 6.45) is 4.90. The van der Waals surface area contributed by atoms with E-state index in [1.807, 2.05) is 18.2 Å². The molecule has 1 heterocycles. The molecule has 2 aromatic carbocycles. The third kappa shape index (κ3) is 3.85. The number of benzene rings is 2. The quantitative estimate of drug-likeness (QED) is 0.505. The molecule has 3 rings (SSSR count). The number of hydrogen-bond donors (Lipinski definition) is 1. The standard InChI is InChI=1S/C19H21ClN2O/c20-18-7-4-8-19(17(18)14-21-23)22-11-9-16(10-12-22)13-15-5-2-1-3-6-15/h1-8,14,16,23H,9-13H2. The first-order valence-electron chi connectivity index (χ1n) is 8.02. The highest BCUT2D eigenvalue weighted by Crippen LogP contribution is 2.30. The number of nitrogens with zero attached hydrogens (tertiary/aromatic N) is 2. The van der Waals surface area contributed by atoms with Crippen LogP contribution in [0.1, 0.15) is 24.0 Å². The molecular formula is C19H21ClN2O. The van der Waals surface area contributed by atoms with E-state index in [1.54, 1.807) is 0 Å². The van der Waals surface area contributed by atoms with Gasteiger partial charge in [0, 0.05) is 24.3 Å². The Morgan fingerprint density at radius 3 is 2.52 bits per heavy atom. The van der Waals surface area contributed by atoms with Gasteiger partial charge in [-0.15, -0.1) is 0 Å². The summed E-state index contributed by atoms with van der Waals surface area (Å²) >= 11 is 6.23. The minimum Gasteiger partial charge on any atom is -0.411 e. The zero-order valence-electron chi connectivity index (χ0n) is 13.0. The zero-order valence-corrected chi connectivity index (χ0v) is 13.8. The van der Waals surface area contributed by atoms with Crippen molar-refractivity contribution in [3.63, 3.8) is 0 Å². The molecule has 0 bridgehead atoms. The number of anilines is 1. The predicted octanol–water partition coefficient (Wildman–Crippen LogP) is 4.61. The summed E-state index contributed by atoms with van der Waals surface area (Å²) in [6.45, 7) is 2.01. The van der Waals surface area contributed by atoms with Crippen LogP contribution in [-0.2, 0) is 6.42 Å². The molecule has 1 N–H and O–H groups in total. The van der Waals surface area contributed by atoms with Crippen LogP contribution in [0.15, 0.2) is 53.7 Å². The van der Waals surface area contributed by atoms with Gasteiger partial charge >= 0.3 is 0 Å². The first-order valence-corrected chi connectivity index (χ1v) is 8.40. The largest absolute Gasteiger partial charge is 0.411 e. The van der Waals surface area contributed by atoms with Crippen LogP contribution in [0, 0.1) is 5.92 Å². The smallest absolute Gasteiger partial charge is 0.0769 e. The van der Waals surface area contributed by atoms with E-state index < -0.39 is 0 Å². The topological polar surface area (TPSA) is 35.8 Å². The molecule has 1 saturated heterocycles. The molecule has 0 aromatic heterocycles. The number of halogens is 1. The van der Waals surface area contributed by atoms with Gasteiger partial charge in [0.1, 0.15) is 0 Å². The van der Waals surface area contributed by atoms with Crippen molar-refractivity contribution in [1.82, 2.24) is 0 Å². The molecule has 1 fully saturated rings. The maximum atomic E-state index is 8.87. The Labute approximate surface area is 142 Å². The molecule has 0 radical (unpaired) electrons. The van der Waals surface area contributed by atoms with Crippen LogP contribution in [0.4, 0.5) is 5.69 Å². The molecule has 0 saturated carbocycles. The van der Waals surface area contributed by atoms with E-state index in [9.17, 15) is 0 Å². The molecular weight excluding hydrogens is 308 g/mol. The van der Waals surface area contributed by atoms with E-state index in [0.717, 1.165) is 49.5 Å². The van der Waals surface area contributed by atoms with E-state index in [2.05, 4.69) is 40.4 Å². The Kier molecular flexibility index (Phi) is 5.19. The molecule has 2 aromatic rings. The zero-order chi connectivity index (χ0) is 16.1. The molecule has 0 aliphatic carbocycles. The summed E-state index contributed by atoms with van der Waals surface area (Å²) in [6, 6.07) is 16.5. The molecule has 120 valence electrons. The van der Waals surface area contributed by atoms with Gasteiger partial charge in [-0.05, 0) is 42.9 Å². The maximum absolute atomic E-state index is 8.87. The fourth-order valence-corrected chi connectivity index (χ4v) is 3.53. The van der Waals surface area contributed by atoms with Crippen molar-refractivity contribution in [3.8, 4) is 0 Å². The summed E-state index contributed by atoms with van der Waals surface area (Å²) in [5, 5.41) is 12.6. The van der Waals surface area contributed by atoms with Gasteiger partial charge in [-0.2, -0.15) is 0 Å². The number of hydrogen-bond acceptors (Lipinski definition) is 3. The fraction of sp³-hybridized carbons (Fsp3) is 0.316. The van der Waals surface area contributed by atoms with E-state index in [4.69, 9.17) is 16.8 Å². The predicted molar refractivity (Wildman–Crippen MR) is 95.9 cm³/mol. The van der Waals surface area contributed by atoms with E-state index in [-0.39, 0.29) is 0 Å². The fourth-order valence-electron chi connectivity index (χ4n) is 3.31.